The number of amides is 1. The Morgan fingerprint density at radius 3 is 2.37 bits per heavy atom. The number of carbonyl (C=O) groups is 1. The number of benzene rings is 2. The summed E-state index contributed by atoms with van der Waals surface area (Å²) in [6.07, 6.45) is 0.745. The zero-order chi connectivity index (χ0) is 21.5. The van der Waals surface area contributed by atoms with Gasteiger partial charge in [0.1, 0.15) is 11.8 Å². The molecule has 2 saturated heterocycles. The van der Waals surface area contributed by atoms with Crippen molar-refractivity contribution in [2.45, 2.75) is 51.4 Å². The van der Waals surface area contributed by atoms with E-state index in [0.29, 0.717) is 6.54 Å². The van der Waals surface area contributed by atoms with Crippen molar-refractivity contribution in [3.8, 4) is 5.75 Å². The first-order valence-electron chi connectivity index (χ1n) is 10.4. The van der Waals surface area contributed by atoms with E-state index in [-0.39, 0.29) is 23.2 Å². The van der Waals surface area contributed by atoms with Crippen molar-refractivity contribution in [3.63, 3.8) is 0 Å². The van der Waals surface area contributed by atoms with Crippen LogP contribution in [0, 0.1) is 0 Å². The van der Waals surface area contributed by atoms with Gasteiger partial charge in [0.2, 0.25) is 5.91 Å². The third-order valence-corrected chi connectivity index (χ3v) is 6.35. The van der Waals surface area contributed by atoms with Gasteiger partial charge >= 0.3 is 7.12 Å². The van der Waals surface area contributed by atoms with Gasteiger partial charge in [-0.3, -0.25) is 4.79 Å². The minimum absolute atomic E-state index is 0.0706. The molecule has 0 aromatic heterocycles. The van der Waals surface area contributed by atoms with E-state index in [1.807, 2.05) is 81.1 Å². The number of hydrogen-bond acceptors (Lipinski definition) is 5. The molecule has 1 amide bonds. The van der Waals surface area contributed by atoms with Gasteiger partial charge in [-0.2, -0.15) is 0 Å². The molecule has 0 radical (unpaired) electrons. The first-order chi connectivity index (χ1) is 14.2. The summed E-state index contributed by atoms with van der Waals surface area (Å²) in [6.45, 7) is 8.84. The van der Waals surface area contributed by atoms with Crippen LogP contribution in [-0.4, -0.2) is 43.9 Å². The fourth-order valence-corrected chi connectivity index (χ4v) is 3.77. The summed E-state index contributed by atoms with van der Waals surface area (Å²) in [5.74, 6) is 0.835. The zero-order valence-electron chi connectivity index (χ0n) is 18.3. The highest BCUT2D eigenvalue weighted by atomic mass is 16.7. The molecule has 0 spiro atoms. The Balaban J connectivity index is 1.43. The molecule has 6 nitrogen and oxygen atoms in total. The van der Waals surface area contributed by atoms with Crippen LogP contribution in [0.5, 0.6) is 5.75 Å². The van der Waals surface area contributed by atoms with E-state index in [1.54, 1.807) is 7.11 Å². The van der Waals surface area contributed by atoms with Gasteiger partial charge in [0.05, 0.1) is 18.3 Å². The number of nitrogens with zero attached hydrogens (tertiary/aromatic N) is 1. The average Bonchev–Trinajstić information content (AvgIpc) is 3.17. The third-order valence-electron chi connectivity index (χ3n) is 6.35. The topological polar surface area (TPSA) is 60.0 Å². The molecule has 7 heteroatoms. The second-order valence-corrected chi connectivity index (χ2v) is 8.89. The zero-order valence-corrected chi connectivity index (χ0v) is 18.3. The molecule has 4 rings (SSSR count). The van der Waals surface area contributed by atoms with E-state index in [1.165, 1.54) is 0 Å². The maximum atomic E-state index is 13.0. The number of ether oxygens (including phenoxy) is 1. The Morgan fingerprint density at radius 2 is 1.73 bits per heavy atom. The van der Waals surface area contributed by atoms with Crippen LogP contribution in [0.2, 0.25) is 0 Å². The normalized spacial score (nSPS) is 22.4. The molecule has 1 N–H and O–H groups in total. The van der Waals surface area contributed by atoms with Crippen molar-refractivity contribution in [2.75, 3.05) is 23.9 Å². The lowest BCUT2D eigenvalue weighted by Gasteiger charge is -2.32. The number of rotatable bonds is 5. The van der Waals surface area contributed by atoms with Crippen molar-refractivity contribution >= 4 is 29.9 Å². The highest BCUT2D eigenvalue weighted by Crippen LogP contribution is 2.36. The maximum absolute atomic E-state index is 13.0. The van der Waals surface area contributed by atoms with E-state index in [0.717, 1.165) is 29.0 Å². The summed E-state index contributed by atoms with van der Waals surface area (Å²) >= 11 is 0. The van der Waals surface area contributed by atoms with Gasteiger partial charge in [0.25, 0.3) is 0 Å². The quantitative estimate of drug-likeness (QED) is 0.770. The van der Waals surface area contributed by atoms with Crippen LogP contribution >= 0.6 is 0 Å². The van der Waals surface area contributed by atoms with Crippen molar-refractivity contribution < 1.29 is 18.8 Å². The summed E-state index contributed by atoms with van der Waals surface area (Å²) in [7, 11) is 1.23. The summed E-state index contributed by atoms with van der Waals surface area (Å²) in [6, 6.07) is 15.3. The van der Waals surface area contributed by atoms with Gasteiger partial charge in [-0.25, -0.2) is 0 Å². The maximum Gasteiger partial charge on any atom is 0.494 e. The molecule has 2 aliphatic heterocycles. The molecular formula is C23H29BN2O4. The predicted octanol–water partition coefficient (Wildman–Crippen LogP) is 3.21. The molecule has 2 fully saturated rings. The molecule has 30 heavy (non-hydrogen) atoms. The van der Waals surface area contributed by atoms with Crippen LogP contribution in [0.25, 0.3) is 0 Å². The van der Waals surface area contributed by atoms with E-state index >= 15 is 0 Å². The number of anilines is 2. The summed E-state index contributed by atoms with van der Waals surface area (Å²) in [5.41, 5.74) is 1.97. The fourth-order valence-electron chi connectivity index (χ4n) is 3.77. The second kappa shape index (κ2) is 7.63. The third kappa shape index (κ3) is 3.79. The lowest BCUT2D eigenvalue weighted by atomic mass is 9.79. The van der Waals surface area contributed by atoms with Crippen LogP contribution in [0.15, 0.2) is 48.5 Å². The molecular weight excluding hydrogens is 379 g/mol. The van der Waals surface area contributed by atoms with Gasteiger partial charge in [-0.15, -0.1) is 0 Å². The Hall–Kier alpha value is -2.51. The molecule has 0 saturated carbocycles. The molecule has 2 aliphatic rings. The van der Waals surface area contributed by atoms with Crippen LogP contribution in [0.4, 0.5) is 11.4 Å². The van der Waals surface area contributed by atoms with Gasteiger partial charge in [-0.1, -0.05) is 18.2 Å². The smallest absolute Gasteiger partial charge is 0.494 e. The SMILES string of the molecule is COc1cccc(NC2CCN(c3ccc(B4OC(C)(C)C(C)(C)O4)cc3)C2=O)c1. The average molecular weight is 408 g/mol. The van der Waals surface area contributed by atoms with Crippen LogP contribution < -0.4 is 20.4 Å². The first kappa shape index (κ1) is 20.8. The number of carbonyl (C=O) groups excluding carboxylic acids is 1. The first-order valence-corrected chi connectivity index (χ1v) is 10.4. The predicted molar refractivity (Wildman–Crippen MR) is 120 cm³/mol. The Morgan fingerprint density at radius 1 is 1.07 bits per heavy atom. The van der Waals surface area contributed by atoms with E-state index in [4.69, 9.17) is 14.0 Å². The molecule has 2 heterocycles. The standard InChI is InChI=1S/C23H29BN2O4/c1-22(2)23(3,4)30-24(29-22)16-9-11-18(12-10-16)26-14-13-20(21(26)27)25-17-7-6-8-19(15-17)28-5/h6-12,15,20,25H,13-14H2,1-5H3. The van der Waals surface area contributed by atoms with Crippen molar-refractivity contribution in [1.82, 2.24) is 0 Å². The molecule has 2 aromatic carbocycles. The molecule has 0 bridgehead atoms. The van der Waals surface area contributed by atoms with Crippen LogP contribution in [0.3, 0.4) is 0 Å². The van der Waals surface area contributed by atoms with E-state index in [2.05, 4.69) is 5.32 Å². The lowest BCUT2D eigenvalue weighted by molar-refractivity contribution is -0.117. The highest BCUT2D eigenvalue weighted by Gasteiger charge is 2.51. The minimum atomic E-state index is -0.402. The highest BCUT2D eigenvalue weighted by molar-refractivity contribution is 6.62. The van der Waals surface area contributed by atoms with Crippen LogP contribution in [0.1, 0.15) is 34.1 Å². The van der Waals surface area contributed by atoms with E-state index in [9.17, 15) is 4.79 Å². The van der Waals surface area contributed by atoms with Gasteiger partial charge < -0.3 is 24.3 Å². The fraction of sp³-hybridized carbons (Fsp3) is 0.435. The molecule has 0 aliphatic carbocycles. The number of hydrogen-bond donors (Lipinski definition) is 1. The minimum Gasteiger partial charge on any atom is -0.497 e. The van der Waals surface area contributed by atoms with Crippen molar-refractivity contribution in [1.29, 1.82) is 0 Å². The number of nitrogens with one attached hydrogen (secondary N) is 1. The monoisotopic (exact) mass is 408 g/mol. The summed E-state index contributed by atoms with van der Waals surface area (Å²) in [5, 5.41) is 3.33. The molecule has 1 atom stereocenters. The second-order valence-electron chi connectivity index (χ2n) is 8.89. The van der Waals surface area contributed by atoms with Crippen molar-refractivity contribution in [2.24, 2.45) is 0 Å². The molecule has 1 unspecified atom stereocenters. The number of methoxy groups -OCH3 is 1. The van der Waals surface area contributed by atoms with Crippen LogP contribution in [-0.2, 0) is 14.1 Å². The largest absolute Gasteiger partial charge is 0.497 e. The molecule has 2 aromatic rings. The van der Waals surface area contributed by atoms with Gasteiger partial charge in [0.15, 0.2) is 0 Å². The van der Waals surface area contributed by atoms with Crippen molar-refractivity contribution in [3.05, 3.63) is 48.5 Å². The van der Waals surface area contributed by atoms with Gasteiger partial charge in [-0.05, 0) is 63.8 Å². The van der Waals surface area contributed by atoms with E-state index < -0.39 is 7.12 Å². The summed E-state index contributed by atoms with van der Waals surface area (Å²) in [4.78, 5) is 14.8. The Kier molecular flexibility index (Phi) is 5.28. The van der Waals surface area contributed by atoms with Gasteiger partial charge in [0, 0.05) is 24.0 Å². The summed E-state index contributed by atoms with van der Waals surface area (Å²) < 4.78 is 17.5. The lowest BCUT2D eigenvalue weighted by Crippen LogP contribution is -2.41. The Labute approximate surface area is 178 Å². The Bertz CT molecular complexity index is 913. The molecule has 158 valence electrons.